The number of urea groups is 1. The molecule has 39 heavy (non-hydrogen) atoms. The lowest BCUT2D eigenvalue weighted by Crippen LogP contribution is -2.30. The molecule has 13 nitrogen and oxygen atoms in total. The number of aromatic carboxylic acids is 1. The Hall–Kier alpha value is -5.17. The zero-order valence-electron chi connectivity index (χ0n) is 20.0. The molecule has 1 aliphatic heterocycles. The van der Waals surface area contributed by atoms with Crippen molar-refractivity contribution in [3.8, 4) is 5.75 Å². The van der Waals surface area contributed by atoms with Crippen LogP contribution in [-0.4, -0.2) is 45.9 Å². The van der Waals surface area contributed by atoms with Gasteiger partial charge in [-0.25, -0.2) is 14.4 Å². The summed E-state index contributed by atoms with van der Waals surface area (Å²) in [6.45, 7) is -0.550. The van der Waals surface area contributed by atoms with E-state index in [0.717, 1.165) is 11.0 Å². The number of nitro benzene ring substituents is 1. The van der Waals surface area contributed by atoms with E-state index in [1.807, 2.05) is 0 Å². The summed E-state index contributed by atoms with van der Waals surface area (Å²) in [5, 5.41) is 23.3. The fourth-order valence-corrected chi connectivity index (χ4v) is 3.87. The van der Waals surface area contributed by atoms with Crippen LogP contribution in [0.25, 0.3) is 6.08 Å². The molecule has 1 fully saturated rings. The summed E-state index contributed by atoms with van der Waals surface area (Å²) in [6.07, 6.45) is 1.17. The Morgan fingerprint density at radius 2 is 1.97 bits per heavy atom. The highest BCUT2D eigenvalue weighted by molar-refractivity contribution is 6.31. The Kier molecular flexibility index (Phi) is 7.63. The number of carboxylic acid groups (broad SMARTS) is 1. The third-order valence-corrected chi connectivity index (χ3v) is 5.66. The van der Waals surface area contributed by atoms with Gasteiger partial charge >= 0.3 is 23.7 Å². The molecule has 0 saturated carbocycles. The normalized spacial score (nSPS) is 13.9. The van der Waals surface area contributed by atoms with Crippen LogP contribution in [-0.2, 0) is 22.7 Å². The number of ether oxygens (including phenoxy) is 2. The van der Waals surface area contributed by atoms with Crippen molar-refractivity contribution in [1.29, 1.82) is 0 Å². The molecule has 3 amide bonds. The number of rotatable bonds is 9. The van der Waals surface area contributed by atoms with Gasteiger partial charge in [-0.2, -0.15) is 0 Å². The van der Waals surface area contributed by atoms with Gasteiger partial charge in [-0.1, -0.05) is 23.7 Å². The molecule has 2 N–H and O–H groups in total. The van der Waals surface area contributed by atoms with Crippen molar-refractivity contribution < 1.29 is 43.1 Å². The van der Waals surface area contributed by atoms with E-state index in [4.69, 9.17) is 20.8 Å². The van der Waals surface area contributed by atoms with Gasteiger partial charge in [0.15, 0.2) is 0 Å². The third kappa shape index (κ3) is 5.88. The minimum absolute atomic E-state index is 0.00123. The van der Waals surface area contributed by atoms with Gasteiger partial charge in [-0.05, 0) is 42.0 Å². The number of carbonyl (C=O) groups is 4. The van der Waals surface area contributed by atoms with E-state index in [1.165, 1.54) is 49.6 Å². The van der Waals surface area contributed by atoms with Crippen molar-refractivity contribution in [2.75, 3.05) is 7.11 Å². The number of furan rings is 1. The molecule has 1 aliphatic rings. The first-order valence-corrected chi connectivity index (χ1v) is 11.4. The molecule has 0 bridgehead atoms. The van der Waals surface area contributed by atoms with Crippen LogP contribution < -0.4 is 10.1 Å². The highest BCUT2D eigenvalue weighted by Gasteiger charge is 2.35. The van der Waals surface area contributed by atoms with E-state index < -0.39 is 34.5 Å². The Labute approximate surface area is 224 Å². The van der Waals surface area contributed by atoms with E-state index >= 15 is 0 Å². The third-order valence-electron chi connectivity index (χ3n) is 5.44. The van der Waals surface area contributed by atoms with Crippen molar-refractivity contribution in [3.05, 3.63) is 97.6 Å². The zero-order chi connectivity index (χ0) is 28.3. The van der Waals surface area contributed by atoms with Gasteiger partial charge in [0.1, 0.15) is 18.1 Å². The molecule has 2 heterocycles. The number of carbonyl (C=O) groups excluding carboxylic acids is 3. The minimum Gasteiger partial charge on any atom is -0.482 e. The molecule has 0 spiro atoms. The maximum atomic E-state index is 13.0. The summed E-state index contributed by atoms with van der Waals surface area (Å²) in [6, 6.07) is 10.1. The van der Waals surface area contributed by atoms with Gasteiger partial charge in [0, 0.05) is 16.7 Å². The number of esters is 1. The number of nitrogens with one attached hydrogen (secondary N) is 1. The van der Waals surface area contributed by atoms with Crippen LogP contribution in [0, 0.1) is 10.1 Å². The van der Waals surface area contributed by atoms with Crippen LogP contribution in [0.3, 0.4) is 0 Å². The molecule has 1 saturated heterocycles. The quantitative estimate of drug-likeness (QED) is 0.129. The lowest BCUT2D eigenvalue weighted by atomic mass is 10.1. The maximum absolute atomic E-state index is 13.0. The van der Waals surface area contributed by atoms with E-state index in [0.29, 0.717) is 5.56 Å². The van der Waals surface area contributed by atoms with E-state index in [-0.39, 0.29) is 52.3 Å². The summed E-state index contributed by atoms with van der Waals surface area (Å²) in [5.74, 6) is -2.91. The Balaban J connectivity index is 1.63. The van der Waals surface area contributed by atoms with Crippen molar-refractivity contribution >= 4 is 47.2 Å². The van der Waals surface area contributed by atoms with Gasteiger partial charge in [-0.15, -0.1) is 0 Å². The topological polar surface area (TPSA) is 179 Å². The highest BCUT2D eigenvalue weighted by Crippen LogP contribution is 2.37. The first kappa shape index (κ1) is 26.9. The second-order valence-corrected chi connectivity index (χ2v) is 8.47. The summed E-state index contributed by atoms with van der Waals surface area (Å²) in [7, 11) is 1.17. The first-order chi connectivity index (χ1) is 18.6. The molecule has 1 aromatic heterocycles. The second-order valence-electron chi connectivity index (χ2n) is 8.03. The monoisotopic (exact) mass is 555 g/mol. The average molecular weight is 556 g/mol. The van der Waals surface area contributed by atoms with Gasteiger partial charge in [0.05, 0.1) is 24.1 Å². The largest absolute Gasteiger partial charge is 0.482 e. The first-order valence-electron chi connectivity index (χ1n) is 11.0. The van der Waals surface area contributed by atoms with Crippen LogP contribution >= 0.6 is 11.6 Å². The number of hydrogen-bond donors (Lipinski definition) is 2. The van der Waals surface area contributed by atoms with E-state index in [1.54, 1.807) is 6.07 Å². The molecule has 0 aliphatic carbocycles. The highest BCUT2D eigenvalue weighted by atomic mass is 35.5. The predicted molar refractivity (Wildman–Crippen MR) is 133 cm³/mol. The summed E-state index contributed by atoms with van der Waals surface area (Å²) < 4.78 is 15.6. The number of methoxy groups -OCH3 is 1. The molecule has 2 aromatic carbocycles. The van der Waals surface area contributed by atoms with Gasteiger partial charge in [0.2, 0.25) is 11.5 Å². The molecule has 200 valence electrons. The Morgan fingerprint density at radius 3 is 2.67 bits per heavy atom. The predicted octanol–water partition coefficient (Wildman–Crippen LogP) is 4.00. The number of nitro groups is 1. The number of nitrogens with zero attached hydrogens (tertiary/aromatic N) is 2. The average Bonchev–Trinajstić information content (AvgIpc) is 3.47. The number of hydrogen-bond acceptors (Lipinski definition) is 9. The molecule has 3 aromatic rings. The van der Waals surface area contributed by atoms with Crippen molar-refractivity contribution in [3.63, 3.8) is 0 Å². The molecule has 0 unspecified atom stereocenters. The number of amides is 3. The fraction of sp³-hybridized carbons (Fsp3) is 0.120. The molecule has 0 atom stereocenters. The lowest BCUT2D eigenvalue weighted by molar-refractivity contribution is -0.385. The molecular weight excluding hydrogens is 538 g/mol. The number of carboxylic acids is 1. The zero-order valence-corrected chi connectivity index (χ0v) is 20.8. The van der Waals surface area contributed by atoms with Crippen molar-refractivity contribution in [1.82, 2.24) is 10.2 Å². The van der Waals surface area contributed by atoms with E-state index in [2.05, 4.69) is 10.1 Å². The Morgan fingerprint density at radius 1 is 1.21 bits per heavy atom. The number of benzene rings is 2. The van der Waals surface area contributed by atoms with Crippen molar-refractivity contribution in [2.24, 2.45) is 0 Å². The summed E-state index contributed by atoms with van der Waals surface area (Å²) >= 11 is 6.08. The summed E-state index contributed by atoms with van der Waals surface area (Å²) in [5.41, 5.74) is -0.310. The van der Waals surface area contributed by atoms with Gasteiger partial charge < -0.3 is 24.3 Å². The second kappa shape index (κ2) is 11.1. The van der Waals surface area contributed by atoms with Crippen LogP contribution in [0.2, 0.25) is 5.02 Å². The number of halogens is 1. The molecule has 4 rings (SSSR count). The van der Waals surface area contributed by atoms with Gasteiger partial charge in [-0.3, -0.25) is 19.8 Å². The van der Waals surface area contributed by atoms with Gasteiger partial charge in [0.25, 0.3) is 5.91 Å². The van der Waals surface area contributed by atoms with Crippen LogP contribution in [0.15, 0.2) is 58.6 Å². The van der Waals surface area contributed by atoms with Crippen LogP contribution in [0.1, 0.15) is 37.8 Å². The summed E-state index contributed by atoms with van der Waals surface area (Å²) in [4.78, 5) is 60.2. The van der Waals surface area contributed by atoms with Crippen molar-refractivity contribution in [2.45, 2.75) is 13.2 Å². The molecule has 14 heteroatoms. The fourth-order valence-electron chi connectivity index (χ4n) is 3.65. The SMILES string of the molecule is COC(=O)c1ccc(CN2C(=O)N/C(=C\c3cc(Cl)cc([N+](=O)[O-])c3OCc3cccc(C(=O)O)c3)C2=O)o1. The standard InChI is InChI=1S/C25H18ClN3O10/c1-37-24(33)20-6-5-17(39-20)11-28-22(30)18(27-25(28)34)9-15-8-16(26)10-19(29(35)36)21(15)38-12-13-3-2-4-14(7-13)23(31)32/h2-10H,11-12H2,1H3,(H,27,34)(H,31,32)/b18-9-. The molecular formula is C25H18ClN3O10. The van der Waals surface area contributed by atoms with E-state index in [9.17, 15) is 34.4 Å². The lowest BCUT2D eigenvalue weighted by Gasteiger charge is -2.12. The molecule has 0 radical (unpaired) electrons. The van der Waals surface area contributed by atoms with Crippen LogP contribution in [0.5, 0.6) is 5.75 Å². The number of imide groups is 1. The smallest absolute Gasteiger partial charge is 0.373 e. The minimum atomic E-state index is -1.16. The Bertz CT molecular complexity index is 1540. The van der Waals surface area contributed by atoms with Crippen LogP contribution in [0.4, 0.5) is 10.5 Å². The maximum Gasteiger partial charge on any atom is 0.373 e.